The van der Waals surface area contributed by atoms with E-state index in [4.69, 9.17) is 5.73 Å². The van der Waals surface area contributed by atoms with Crippen LogP contribution in [0.1, 0.15) is 12.5 Å². The van der Waals surface area contributed by atoms with E-state index in [1.165, 1.54) is 5.39 Å². The number of benzene rings is 2. The van der Waals surface area contributed by atoms with Gasteiger partial charge in [0.2, 0.25) is 0 Å². The van der Waals surface area contributed by atoms with Crippen molar-refractivity contribution in [1.29, 1.82) is 0 Å². The number of anilines is 1. The molecule has 0 unspecified atom stereocenters. The Morgan fingerprint density at radius 1 is 1.14 bits per heavy atom. The summed E-state index contributed by atoms with van der Waals surface area (Å²) in [5, 5.41) is 2.29. The number of rotatable bonds is 1. The highest BCUT2D eigenvalue weighted by molar-refractivity contribution is 6.00. The average Bonchev–Trinajstić information content (AvgIpc) is 2.17. The van der Waals surface area contributed by atoms with Crippen LogP contribution < -0.4 is 5.73 Å². The summed E-state index contributed by atoms with van der Waals surface area (Å²) in [5.41, 5.74) is 8.96. The Labute approximate surface area is 83.9 Å². The summed E-state index contributed by atoms with van der Waals surface area (Å²) >= 11 is 0. The van der Waals surface area contributed by atoms with E-state index in [1.807, 2.05) is 25.1 Å². The maximum Gasteiger partial charge on any atom is 0.0399 e. The van der Waals surface area contributed by atoms with Crippen molar-refractivity contribution < 1.29 is 0 Å². The van der Waals surface area contributed by atoms with Crippen LogP contribution in [0.25, 0.3) is 16.3 Å². The van der Waals surface area contributed by atoms with Gasteiger partial charge in [-0.25, -0.2) is 0 Å². The van der Waals surface area contributed by atoms with Gasteiger partial charge in [0.15, 0.2) is 0 Å². The highest BCUT2D eigenvalue weighted by Gasteiger charge is 2.03. The molecule has 0 aliphatic rings. The quantitative estimate of drug-likeness (QED) is 0.673. The van der Waals surface area contributed by atoms with Crippen molar-refractivity contribution in [3.8, 4) is 0 Å². The van der Waals surface area contributed by atoms with Crippen LogP contribution in [0.4, 0.5) is 5.69 Å². The van der Waals surface area contributed by atoms with Gasteiger partial charge < -0.3 is 5.73 Å². The SMILES string of the molecule is C=C(C)c1cccc2cccc(N)c12. The Balaban J connectivity index is 2.91. The molecule has 0 atom stereocenters. The van der Waals surface area contributed by atoms with Crippen molar-refractivity contribution in [3.05, 3.63) is 48.5 Å². The lowest BCUT2D eigenvalue weighted by Crippen LogP contribution is -1.90. The standard InChI is InChI=1S/C13H13N/c1-9(2)11-7-3-5-10-6-4-8-12(14)13(10)11/h3-8H,1,14H2,2H3. The Kier molecular flexibility index (Phi) is 2.01. The first kappa shape index (κ1) is 8.82. The molecule has 0 bridgehead atoms. The summed E-state index contributed by atoms with van der Waals surface area (Å²) in [4.78, 5) is 0. The fraction of sp³-hybridized carbons (Fsp3) is 0.0769. The van der Waals surface area contributed by atoms with Gasteiger partial charge in [-0.1, -0.05) is 42.5 Å². The molecule has 0 amide bonds. The summed E-state index contributed by atoms with van der Waals surface area (Å²) in [5.74, 6) is 0. The van der Waals surface area contributed by atoms with Crippen molar-refractivity contribution in [3.63, 3.8) is 0 Å². The van der Waals surface area contributed by atoms with Gasteiger partial charge in [-0.3, -0.25) is 0 Å². The van der Waals surface area contributed by atoms with E-state index in [2.05, 4.69) is 24.8 Å². The van der Waals surface area contributed by atoms with Gasteiger partial charge in [-0.05, 0) is 23.9 Å². The second-order valence-corrected chi connectivity index (χ2v) is 3.53. The molecule has 0 spiro atoms. The van der Waals surface area contributed by atoms with Crippen LogP contribution in [-0.2, 0) is 0 Å². The highest BCUT2D eigenvalue weighted by Crippen LogP contribution is 2.28. The molecular formula is C13H13N. The highest BCUT2D eigenvalue weighted by atomic mass is 14.5. The maximum atomic E-state index is 5.95. The van der Waals surface area contributed by atoms with E-state index in [9.17, 15) is 0 Å². The van der Waals surface area contributed by atoms with Crippen LogP contribution in [0, 0.1) is 0 Å². The van der Waals surface area contributed by atoms with E-state index < -0.39 is 0 Å². The molecule has 0 saturated heterocycles. The predicted octanol–water partition coefficient (Wildman–Crippen LogP) is 3.46. The summed E-state index contributed by atoms with van der Waals surface area (Å²) in [7, 11) is 0. The lowest BCUT2D eigenvalue weighted by atomic mass is 9.99. The number of hydrogen-bond acceptors (Lipinski definition) is 1. The molecule has 2 aromatic carbocycles. The molecule has 0 aliphatic heterocycles. The molecule has 2 N–H and O–H groups in total. The van der Waals surface area contributed by atoms with Crippen LogP contribution >= 0.6 is 0 Å². The zero-order valence-corrected chi connectivity index (χ0v) is 8.25. The Bertz CT molecular complexity index is 492. The molecule has 1 nitrogen and oxygen atoms in total. The van der Waals surface area contributed by atoms with Crippen LogP contribution in [0.2, 0.25) is 0 Å². The Hall–Kier alpha value is -1.76. The van der Waals surface area contributed by atoms with Crippen LogP contribution in [0.3, 0.4) is 0 Å². The lowest BCUT2D eigenvalue weighted by molar-refractivity contribution is 1.63. The zero-order chi connectivity index (χ0) is 10.1. The van der Waals surface area contributed by atoms with Gasteiger partial charge >= 0.3 is 0 Å². The number of fused-ring (bicyclic) bond motifs is 1. The average molecular weight is 183 g/mol. The van der Waals surface area contributed by atoms with Gasteiger partial charge in [-0.15, -0.1) is 0 Å². The first-order chi connectivity index (χ1) is 6.70. The van der Waals surface area contributed by atoms with E-state index >= 15 is 0 Å². The van der Waals surface area contributed by atoms with E-state index in [-0.39, 0.29) is 0 Å². The molecule has 0 aromatic heterocycles. The minimum absolute atomic E-state index is 0.820. The van der Waals surface area contributed by atoms with E-state index in [1.54, 1.807) is 0 Å². The summed E-state index contributed by atoms with van der Waals surface area (Å²) in [6, 6.07) is 12.1. The third-order valence-corrected chi connectivity index (χ3v) is 2.40. The Morgan fingerprint density at radius 3 is 2.43 bits per heavy atom. The molecule has 14 heavy (non-hydrogen) atoms. The summed E-state index contributed by atoms with van der Waals surface area (Å²) in [6.45, 7) is 5.96. The molecule has 2 rings (SSSR count). The van der Waals surface area contributed by atoms with Crippen molar-refractivity contribution >= 4 is 22.0 Å². The Morgan fingerprint density at radius 2 is 1.79 bits per heavy atom. The number of allylic oxidation sites excluding steroid dienone is 1. The molecule has 0 fully saturated rings. The molecular weight excluding hydrogens is 170 g/mol. The fourth-order valence-electron chi connectivity index (χ4n) is 1.73. The maximum absolute atomic E-state index is 5.95. The number of nitrogen functional groups attached to an aromatic ring is 1. The first-order valence-corrected chi connectivity index (χ1v) is 4.63. The molecule has 1 heteroatoms. The molecule has 0 heterocycles. The lowest BCUT2D eigenvalue weighted by Gasteiger charge is -2.08. The van der Waals surface area contributed by atoms with Gasteiger partial charge in [0.25, 0.3) is 0 Å². The van der Waals surface area contributed by atoms with Crippen molar-refractivity contribution in [2.24, 2.45) is 0 Å². The fourth-order valence-corrected chi connectivity index (χ4v) is 1.73. The third-order valence-electron chi connectivity index (χ3n) is 2.40. The normalized spacial score (nSPS) is 10.4. The zero-order valence-electron chi connectivity index (χ0n) is 8.25. The molecule has 0 aliphatic carbocycles. The predicted molar refractivity (Wildman–Crippen MR) is 63.1 cm³/mol. The largest absolute Gasteiger partial charge is 0.398 e. The molecule has 70 valence electrons. The van der Waals surface area contributed by atoms with E-state index in [0.717, 1.165) is 22.2 Å². The van der Waals surface area contributed by atoms with Gasteiger partial charge in [0, 0.05) is 11.1 Å². The minimum atomic E-state index is 0.820. The molecule has 2 aromatic rings. The molecule has 0 radical (unpaired) electrons. The smallest absolute Gasteiger partial charge is 0.0399 e. The van der Waals surface area contributed by atoms with Gasteiger partial charge in [0.1, 0.15) is 0 Å². The van der Waals surface area contributed by atoms with Gasteiger partial charge in [-0.2, -0.15) is 0 Å². The summed E-state index contributed by atoms with van der Waals surface area (Å²) < 4.78 is 0. The van der Waals surface area contributed by atoms with E-state index in [0.29, 0.717) is 0 Å². The minimum Gasteiger partial charge on any atom is -0.398 e. The molecule has 0 saturated carbocycles. The number of hydrogen-bond donors (Lipinski definition) is 1. The van der Waals surface area contributed by atoms with Crippen molar-refractivity contribution in [2.75, 3.05) is 5.73 Å². The number of nitrogens with two attached hydrogens (primary N) is 1. The first-order valence-electron chi connectivity index (χ1n) is 4.63. The van der Waals surface area contributed by atoms with Crippen LogP contribution in [0.5, 0.6) is 0 Å². The monoisotopic (exact) mass is 183 g/mol. The van der Waals surface area contributed by atoms with Crippen LogP contribution in [-0.4, -0.2) is 0 Å². The second kappa shape index (κ2) is 3.18. The summed E-state index contributed by atoms with van der Waals surface area (Å²) in [6.07, 6.45) is 0. The topological polar surface area (TPSA) is 26.0 Å². The van der Waals surface area contributed by atoms with Crippen LogP contribution in [0.15, 0.2) is 43.0 Å². The van der Waals surface area contributed by atoms with Crippen molar-refractivity contribution in [1.82, 2.24) is 0 Å². The van der Waals surface area contributed by atoms with Crippen molar-refractivity contribution in [2.45, 2.75) is 6.92 Å². The third kappa shape index (κ3) is 1.27. The second-order valence-electron chi connectivity index (χ2n) is 3.53. The van der Waals surface area contributed by atoms with Gasteiger partial charge in [0.05, 0.1) is 0 Å².